The van der Waals surface area contributed by atoms with E-state index in [0.717, 1.165) is 18.5 Å². The molecule has 0 radical (unpaired) electrons. The number of thiophene rings is 1. The summed E-state index contributed by atoms with van der Waals surface area (Å²) in [5, 5.41) is 2.14. The zero-order chi connectivity index (χ0) is 16.5. The SMILES string of the molecule is Cc1ccc(C(=O)N2CCc3sccc3C2c2ccccc2)cc1. The summed E-state index contributed by atoms with van der Waals surface area (Å²) in [4.78, 5) is 16.6. The third-order valence-corrected chi connectivity index (χ3v) is 5.64. The second kappa shape index (κ2) is 6.25. The van der Waals surface area contributed by atoms with Crippen LogP contribution in [0, 0.1) is 6.92 Å². The average Bonchev–Trinajstić information content (AvgIpc) is 3.10. The topological polar surface area (TPSA) is 20.3 Å². The molecule has 24 heavy (non-hydrogen) atoms. The Morgan fingerprint density at radius 1 is 1.04 bits per heavy atom. The summed E-state index contributed by atoms with van der Waals surface area (Å²) in [6, 6.07) is 20.4. The fourth-order valence-electron chi connectivity index (χ4n) is 3.39. The van der Waals surface area contributed by atoms with Gasteiger partial charge in [-0.3, -0.25) is 4.79 Å². The molecule has 4 rings (SSSR count). The second-order valence-electron chi connectivity index (χ2n) is 6.23. The number of amides is 1. The van der Waals surface area contributed by atoms with Crippen LogP contribution in [0.3, 0.4) is 0 Å². The lowest BCUT2D eigenvalue weighted by atomic mass is 9.92. The number of carbonyl (C=O) groups is 1. The molecule has 1 unspecified atom stereocenters. The lowest BCUT2D eigenvalue weighted by molar-refractivity contribution is 0.0696. The van der Waals surface area contributed by atoms with Crippen LogP contribution in [0.5, 0.6) is 0 Å². The monoisotopic (exact) mass is 333 g/mol. The summed E-state index contributed by atoms with van der Waals surface area (Å²) in [5.74, 6) is 0.112. The highest BCUT2D eigenvalue weighted by Gasteiger charge is 2.33. The first-order valence-electron chi connectivity index (χ1n) is 8.23. The van der Waals surface area contributed by atoms with Crippen molar-refractivity contribution in [3.63, 3.8) is 0 Å². The van der Waals surface area contributed by atoms with E-state index in [9.17, 15) is 4.79 Å². The largest absolute Gasteiger partial charge is 0.327 e. The van der Waals surface area contributed by atoms with E-state index in [-0.39, 0.29) is 11.9 Å². The van der Waals surface area contributed by atoms with Gasteiger partial charge in [-0.1, -0.05) is 48.0 Å². The Balaban J connectivity index is 1.76. The standard InChI is InChI=1S/C21H19NOS/c1-15-7-9-17(10-8-15)21(23)22-13-11-19-18(12-14-24-19)20(22)16-5-3-2-4-6-16/h2-10,12,14,20H,11,13H2,1H3. The molecule has 1 atom stereocenters. The third kappa shape index (κ3) is 2.65. The highest BCUT2D eigenvalue weighted by atomic mass is 32.1. The van der Waals surface area contributed by atoms with Gasteiger partial charge < -0.3 is 4.90 Å². The van der Waals surface area contributed by atoms with Crippen LogP contribution >= 0.6 is 11.3 Å². The van der Waals surface area contributed by atoms with Crippen LogP contribution in [0.2, 0.25) is 0 Å². The van der Waals surface area contributed by atoms with Crippen LogP contribution in [0.25, 0.3) is 0 Å². The van der Waals surface area contributed by atoms with E-state index in [2.05, 4.69) is 23.6 Å². The molecular formula is C21H19NOS. The quantitative estimate of drug-likeness (QED) is 0.657. The number of carbonyl (C=O) groups excluding carboxylic acids is 1. The van der Waals surface area contributed by atoms with Gasteiger partial charge >= 0.3 is 0 Å². The van der Waals surface area contributed by atoms with Crippen molar-refractivity contribution in [2.45, 2.75) is 19.4 Å². The van der Waals surface area contributed by atoms with Gasteiger partial charge in [-0.05, 0) is 48.1 Å². The zero-order valence-corrected chi connectivity index (χ0v) is 14.4. The molecule has 0 aliphatic carbocycles. The van der Waals surface area contributed by atoms with Crippen molar-refractivity contribution in [1.82, 2.24) is 4.90 Å². The first kappa shape index (κ1) is 15.2. The summed E-state index contributed by atoms with van der Waals surface area (Å²) in [7, 11) is 0. The Labute approximate surface area is 146 Å². The molecule has 0 saturated heterocycles. The van der Waals surface area contributed by atoms with Crippen molar-refractivity contribution >= 4 is 17.2 Å². The number of aryl methyl sites for hydroxylation is 1. The molecule has 120 valence electrons. The van der Waals surface area contributed by atoms with Gasteiger partial charge in [0.2, 0.25) is 0 Å². The molecule has 1 aromatic heterocycles. The Hall–Kier alpha value is -2.39. The molecule has 2 nitrogen and oxygen atoms in total. The van der Waals surface area contributed by atoms with Gasteiger partial charge in [0.25, 0.3) is 5.91 Å². The van der Waals surface area contributed by atoms with E-state index in [1.54, 1.807) is 11.3 Å². The molecule has 0 N–H and O–H groups in total. The normalized spacial score (nSPS) is 16.7. The average molecular weight is 333 g/mol. The van der Waals surface area contributed by atoms with E-state index >= 15 is 0 Å². The number of benzene rings is 2. The Morgan fingerprint density at radius 3 is 2.54 bits per heavy atom. The molecule has 1 amide bonds. The fourth-order valence-corrected chi connectivity index (χ4v) is 4.30. The maximum absolute atomic E-state index is 13.2. The van der Waals surface area contributed by atoms with Crippen LogP contribution in [-0.2, 0) is 6.42 Å². The van der Waals surface area contributed by atoms with Crippen molar-refractivity contribution in [2.75, 3.05) is 6.54 Å². The summed E-state index contributed by atoms with van der Waals surface area (Å²) >= 11 is 1.80. The molecule has 3 aromatic rings. The van der Waals surface area contributed by atoms with E-state index in [4.69, 9.17) is 0 Å². The van der Waals surface area contributed by atoms with Crippen molar-refractivity contribution < 1.29 is 4.79 Å². The van der Waals surface area contributed by atoms with E-state index in [1.165, 1.54) is 21.6 Å². The van der Waals surface area contributed by atoms with E-state index < -0.39 is 0 Å². The number of fused-ring (bicyclic) bond motifs is 1. The predicted octanol–water partition coefficient (Wildman–Crippen LogP) is 4.84. The Bertz CT molecular complexity index is 851. The molecule has 0 bridgehead atoms. The Morgan fingerprint density at radius 2 is 1.79 bits per heavy atom. The van der Waals surface area contributed by atoms with Crippen LogP contribution in [0.15, 0.2) is 66.0 Å². The van der Waals surface area contributed by atoms with Gasteiger partial charge in [0.15, 0.2) is 0 Å². The minimum atomic E-state index is 0.00926. The number of hydrogen-bond donors (Lipinski definition) is 0. The van der Waals surface area contributed by atoms with Gasteiger partial charge in [0, 0.05) is 17.0 Å². The van der Waals surface area contributed by atoms with Gasteiger partial charge in [-0.15, -0.1) is 11.3 Å². The van der Waals surface area contributed by atoms with Gasteiger partial charge in [0.05, 0.1) is 6.04 Å². The fraction of sp³-hybridized carbons (Fsp3) is 0.190. The summed E-state index contributed by atoms with van der Waals surface area (Å²) in [6.07, 6.45) is 0.938. The number of nitrogens with zero attached hydrogens (tertiary/aromatic N) is 1. The van der Waals surface area contributed by atoms with Crippen LogP contribution in [-0.4, -0.2) is 17.4 Å². The van der Waals surface area contributed by atoms with Crippen molar-refractivity contribution in [3.05, 3.63) is 93.2 Å². The zero-order valence-electron chi connectivity index (χ0n) is 13.6. The second-order valence-corrected chi connectivity index (χ2v) is 7.23. The van der Waals surface area contributed by atoms with Crippen molar-refractivity contribution in [1.29, 1.82) is 0 Å². The first-order valence-corrected chi connectivity index (χ1v) is 9.11. The molecule has 1 aliphatic heterocycles. The molecule has 0 spiro atoms. The molecule has 2 heterocycles. The summed E-state index contributed by atoms with van der Waals surface area (Å²) in [5.41, 5.74) is 4.39. The minimum Gasteiger partial charge on any atom is -0.327 e. The smallest absolute Gasteiger partial charge is 0.254 e. The maximum atomic E-state index is 13.2. The van der Waals surface area contributed by atoms with Crippen molar-refractivity contribution in [2.24, 2.45) is 0 Å². The minimum absolute atomic E-state index is 0.00926. The lowest BCUT2D eigenvalue weighted by Crippen LogP contribution is -2.40. The van der Waals surface area contributed by atoms with Gasteiger partial charge in [-0.25, -0.2) is 0 Å². The number of hydrogen-bond acceptors (Lipinski definition) is 2. The molecule has 1 aliphatic rings. The predicted molar refractivity (Wildman–Crippen MR) is 98.5 cm³/mol. The van der Waals surface area contributed by atoms with Gasteiger partial charge in [-0.2, -0.15) is 0 Å². The number of rotatable bonds is 2. The van der Waals surface area contributed by atoms with Crippen LogP contribution in [0.1, 0.15) is 38.0 Å². The third-order valence-electron chi connectivity index (χ3n) is 4.64. The van der Waals surface area contributed by atoms with Crippen LogP contribution in [0.4, 0.5) is 0 Å². The molecule has 2 aromatic carbocycles. The molecule has 0 fully saturated rings. The van der Waals surface area contributed by atoms with Gasteiger partial charge in [0.1, 0.15) is 0 Å². The lowest BCUT2D eigenvalue weighted by Gasteiger charge is -2.36. The van der Waals surface area contributed by atoms with E-state index in [1.807, 2.05) is 54.3 Å². The Kier molecular flexibility index (Phi) is 3.95. The van der Waals surface area contributed by atoms with Crippen molar-refractivity contribution in [3.8, 4) is 0 Å². The summed E-state index contributed by atoms with van der Waals surface area (Å²) < 4.78 is 0. The summed E-state index contributed by atoms with van der Waals surface area (Å²) in [6.45, 7) is 2.80. The highest BCUT2D eigenvalue weighted by Crippen LogP contribution is 2.38. The molecule has 3 heteroatoms. The van der Waals surface area contributed by atoms with Crippen LogP contribution < -0.4 is 0 Å². The maximum Gasteiger partial charge on any atom is 0.254 e. The highest BCUT2D eigenvalue weighted by molar-refractivity contribution is 7.10. The first-order chi connectivity index (χ1) is 11.7. The van der Waals surface area contributed by atoms with E-state index in [0.29, 0.717) is 0 Å². The molecule has 0 saturated carbocycles. The molecular weight excluding hydrogens is 314 g/mol.